The average Bonchev–Trinajstić information content (AvgIpc) is 3.13. The molecule has 1 saturated carbocycles. The molecule has 5 rings (SSSR count). The lowest BCUT2D eigenvalue weighted by molar-refractivity contribution is 0.392. The molecule has 5 heteroatoms. The molecule has 4 aromatic rings. The summed E-state index contributed by atoms with van der Waals surface area (Å²) in [6.45, 7) is 0. The smallest absolute Gasteiger partial charge is 0.123 e. The van der Waals surface area contributed by atoms with E-state index in [1.807, 2.05) is 16.6 Å². The van der Waals surface area contributed by atoms with Crippen LogP contribution in [0, 0.1) is 5.82 Å². The Bertz CT molecular complexity index is 1130. The molecule has 0 amide bonds. The van der Waals surface area contributed by atoms with Gasteiger partial charge in [-0.1, -0.05) is 12.5 Å². The highest BCUT2D eigenvalue weighted by Gasteiger charge is 2.22. The molecule has 3 aromatic heterocycles. The number of rotatable bonds is 3. The van der Waals surface area contributed by atoms with E-state index in [0.717, 1.165) is 40.7 Å². The van der Waals surface area contributed by atoms with Gasteiger partial charge < -0.3 is 5.73 Å². The van der Waals surface area contributed by atoms with Gasteiger partial charge in [-0.15, -0.1) is 0 Å². The van der Waals surface area contributed by atoms with E-state index in [2.05, 4.69) is 23.3 Å². The standard InChI is InChI=1S/C24H23FN4/c25-20-7-4-17(5-8-20)24-23(16-10-12-27-13-11-16)22-9-6-19(15-29(22)28-24)18-2-1-3-21(26)14-18/h4-13,15,18,21H,1-3,14,26H2. The molecule has 0 radical (unpaired) electrons. The van der Waals surface area contributed by atoms with Crippen molar-refractivity contribution in [1.82, 2.24) is 14.6 Å². The quantitative estimate of drug-likeness (QED) is 0.527. The van der Waals surface area contributed by atoms with Crippen LogP contribution in [0.25, 0.3) is 27.9 Å². The normalized spacial score (nSPS) is 19.5. The van der Waals surface area contributed by atoms with Crippen LogP contribution in [-0.2, 0) is 0 Å². The minimum atomic E-state index is -0.251. The highest BCUT2D eigenvalue weighted by atomic mass is 19.1. The van der Waals surface area contributed by atoms with Crippen LogP contribution in [0.3, 0.4) is 0 Å². The number of aromatic nitrogens is 3. The molecular formula is C24H23FN4. The Hall–Kier alpha value is -3.05. The number of pyridine rings is 2. The van der Waals surface area contributed by atoms with Crippen molar-refractivity contribution in [3.63, 3.8) is 0 Å². The van der Waals surface area contributed by atoms with E-state index in [1.165, 1.54) is 30.5 Å². The molecule has 0 aliphatic heterocycles. The molecule has 4 nitrogen and oxygen atoms in total. The van der Waals surface area contributed by atoms with Crippen molar-refractivity contribution in [3.8, 4) is 22.4 Å². The van der Waals surface area contributed by atoms with Gasteiger partial charge >= 0.3 is 0 Å². The van der Waals surface area contributed by atoms with E-state index in [9.17, 15) is 4.39 Å². The number of halogens is 1. The highest BCUT2D eigenvalue weighted by Crippen LogP contribution is 2.37. The highest BCUT2D eigenvalue weighted by molar-refractivity contribution is 5.92. The molecule has 2 N–H and O–H groups in total. The van der Waals surface area contributed by atoms with Gasteiger partial charge in [0.25, 0.3) is 0 Å². The van der Waals surface area contributed by atoms with Gasteiger partial charge in [0.15, 0.2) is 0 Å². The minimum Gasteiger partial charge on any atom is -0.328 e. The molecular weight excluding hydrogens is 363 g/mol. The van der Waals surface area contributed by atoms with Crippen LogP contribution in [0.5, 0.6) is 0 Å². The number of benzene rings is 1. The van der Waals surface area contributed by atoms with Crippen molar-refractivity contribution in [2.24, 2.45) is 5.73 Å². The van der Waals surface area contributed by atoms with E-state index in [0.29, 0.717) is 5.92 Å². The number of hydrogen-bond donors (Lipinski definition) is 1. The SMILES string of the molecule is NC1CCCC(c2ccc3c(-c4ccncc4)c(-c4ccc(F)cc4)nn3c2)C1. The zero-order chi connectivity index (χ0) is 19.8. The maximum atomic E-state index is 13.5. The fourth-order valence-electron chi connectivity index (χ4n) is 4.45. The third kappa shape index (κ3) is 3.42. The molecule has 0 bridgehead atoms. The zero-order valence-electron chi connectivity index (χ0n) is 16.1. The maximum Gasteiger partial charge on any atom is 0.123 e. The molecule has 0 saturated heterocycles. The average molecular weight is 386 g/mol. The molecule has 1 aliphatic rings. The number of hydrogen-bond acceptors (Lipinski definition) is 3. The largest absolute Gasteiger partial charge is 0.328 e. The first-order valence-electron chi connectivity index (χ1n) is 10.1. The van der Waals surface area contributed by atoms with Gasteiger partial charge in [0.05, 0.1) is 5.52 Å². The second-order valence-electron chi connectivity index (χ2n) is 7.88. The summed E-state index contributed by atoms with van der Waals surface area (Å²) < 4.78 is 15.4. The Kier molecular flexibility index (Phi) is 4.60. The predicted molar refractivity (Wildman–Crippen MR) is 113 cm³/mol. The lowest BCUT2D eigenvalue weighted by Gasteiger charge is -2.26. The summed E-state index contributed by atoms with van der Waals surface area (Å²) in [5.74, 6) is 0.227. The first-order valence-corrected chi connectivity index (χ1v) is 10.1. The van der Waals surface area contributed by atoms with E-state index in [-0.39, 0.29) is 11.9 Å². The van der Waals surface area contributed by atoms with E-state index in [1.54, 1.807) is 24.5 Å². The Morgan fingerprint density at radius 2 is 1.72 bits per heavy atom. The van der Waals surface area contributed by atoms with Crippen molar-refractivity contribution in [2.75, 3.05) is 0 Å². The number of nitrogens with two attached hydrogens (primary N) is 1. The number of fused-ring (bicyclic) bond motifs is 1. The lowest BCUT2D eigenvalue weighted by atomic mass is 9.82. The summed E-state index contributed by atoms with van der Waals surface area (Å²) in [7, 11) is 0. The Balaban J connectivity index is 1.67. The summed E-state index contributed by atoms with van der Waals surface area (Å²) in [4.78, 5) is 4.14. The first kappa shape index (κ1) is 18.0. The molecule has 2 unspecified atom stereocenters. The fourth-order valence-corrected chi connectivity index (χ4v) is 4.45. The summed E-state index contributed by atoms with van der Waals surface area (Å²) in [5, 5.41) is 4.91. The van der Waals surface area contributed by atoms with Crippen LogP contribution in [0.2, 0.25) is 0 Å². The monoisotopic (exact) mass is 386 g/mol. The van der Waals surface area contributed by atoms with E-state index < -0.39 is 0 Å². The molecule has 3 heterocycles. The summed E-state index contributed by atoms with van der Waals surface area (Å²) in [6, 6.07) is 15.1. The minimum absolute atomic E-state index is 0.251. The van der Waals surface area contributed by atoms with E-state index >= 15 is 0 Å². The molecule has 1 fully saturated rings. The van der Waals surface area contributed by atoms with Crippen LogP contribution in [0.1, 0.15) is 37.2 Å². The Morgan fingerprint density at radius 3 is 2.48 bits per heavy atom. The van der Waals surface area contributed by atoms with Crippen molar-refractivity contribution < 1.29 is 4.39 Å². The van der Waals surface area contributed by atoms with Crippen LogP contribution < -0.4 is 5.73 Å². The van der Waals surface area contributed by atoms with Gasteiger partial charge in [-0.2, -0.15) is 5.10 Å². The van der Waals surface area contributed by atoms with Crippen molar-refractivity contribution in [3.05, 3.63) is 78.5 Å². The van der Waals surface area contributed by atoms with Crippen LogP contribution in [0.15, 0.2) is 67.1 Å². The third-order valence-electron chi connectivity index (χ3n) is 5.93. The molecule has 1 aromatic carbocycles. The fraction of sp³-hybridized carbons (Fsp3) is 0.250. The second-order valence-corrected chi connectivity index (χ2v) is 7.88. The molecule has 29 heavy (non-hydrogen) atoms. The third-order valence-corrected chi connectivity index (χ3v) is 5.93. The summed E-state index contributed by atoms with van der Waals surface area (Å²) in [6.07, 6.45) is 10.2. The maximum absolute atomic E-state index is 13.5. The topological polar surface area (TPSA) is 56.2 Å². The van der Waals surface area contributed by atoms with Gasteiger partial charge in [0, 0.05) is 35.8 Å². The molecule has 2 atom stereocenters. The van der Waals surface area contributed by atoms with Crippen LogP contribution in [0.4, 0.5) is 4.39 Å². The Labute approximate surface area is 169 Å². The van der Waals surface area contributed by atoms with Gasteiger partial charge in [-0.25, -0.2) is 8.91 Å². The number of nitrogens with zero attached hydrogens (tertiary/aromatic N) is 3. The van der Waals surface area contributed by atoms with Gasteiger partial charge in [-0.3, -0.25) is 4.98 Å². The zero-order valence-corrected chi connectivity index (χ0v) is 16.1. The van der Waals surface area contributed by atoms with Gasteiger partial charge in [0.2, 0.25) is 0 Å². The second kappa shape index (κ2) is 7.41. The molecule has 1 aliphatic carbocycles. The molecule has 146 valence electrons. The van der Waals surface area contributed by atoms with E-state index in [4.69, 9.17) is 10.8 Å². The van der Waals surface area contributed by atoms with Gasteiger partial charge in [0.1, 0.15) is 11.5 Å². The molecule has 0 spiro atoms. The Morgan fingerprint density at radius 1 is 0.931 bits per heavy atom. The summed E-state index contributed by atoms with van der Waals surface area (Å²) >= 11 is 0. The van der Waals surface area contributed by atoms with Crippen molar-refractivity contribution >= 4 is 5.52 Å². The lowest BCUT2D eigenvalue weighted by Crippen LogP contribution is -2.26. The van der Waals surface area contributed by atoms with Gasteiger partial charge in [-0.05, 0) is 78.8 Å². The van der Waals surface area contributed by atoms with Crippen molar-refractivity contribution in [2.45, 2.75) is 37.6 Å². The predicted octanol–water partition coefficient (Wildman–Crippen LogP) is 5.19. The van der Waals surface area contributed by atoms with Crippen molar-refractivity contribution in [1.29, 1.82) is 0 Å². The first-order chi connectivity index (χ1) is 14.2. The summed E-state index contributed by atoms with van der Waals surface area (Å²) in [5.41, 5.74) is 12.3. The van der Waals surface area contributed by atoms with Crippen LogP contribution in [-0.4, -0.2) is 20.6 Å². The van der Waals surface area contributed by atoms with Crippen LogP contribution >= 0.6 is 0 Å².